The number of benzene rings is 2. The molecule has 0 spiro atoms. The smallest absolute Gasteiger partial charge is 0.415 e. The van der Waals surface area contributed by atoms with Crippen LogP contribution in [0.25, 0.3) is 32.9 Å². The normalized spacial score (nSPS) is 26.3. The molecular formula is C44H47F4N9O6. The first kappa shape index (κ1) is 41.2. The van der Waals surface area contributed by atoms with Crippen LogP contribution in [0.15, 0.2) is 42.7 Å². The number of nitrogens with one attached hydrogen (secondary N) is 1. The van der Waals surface area contributed by atoms with Gasteiger partial charge in [-0.3, -0.25) is 19.5 Å². The number of amides is 2. The summed E-state index contributed by atoms with van der Waals surface area (Å²) in [6.07, 6.45) is 0.776. The third kappa shape index (κ3) is 7.72. The molecular weight excluding hydrogens is 827 g/mol. The van der Waals surface area contributed by atoms with Crippen LogP contribution in [0, 0.1) is 11.6 Å². The number of aromatic nitrogens is 5. The third-order valence-corrected chi connectivity index (χ3v) is 13.2. The molecule has 332 valence electrons. The second kappa shape index (κ2) is 16.1. The van der Waals surface area contributed by atoms with Crippen LogP contribution in [0.3, 0.4) is 0 Å². The monoisotopic (exact) mass is 873 g/mol. The van der Waals surface area contributed by atoms with Crippen molar-refractivity contribution in [1.82, 2.24) is 39.8 Å². The molecule has 2 aromatic carbocycles. The predicted molar refractivity (Wildman–Crippen MR) is 221 cm³/mol. The first-order chi connectivity index (χ1) is 30.4. The molecule has 3 saturated heterocycles. The van der Waals surface area contributed by atoms with Crippen LogP contribution < -0.4 is 19.7 Å². The van der Waals surface area contributed by atoms with Gasteiger partial charge in [0.15, 0.2) is 5.82 Å². The molecule has 6 aliphatic heterocycles. The number of pyridine rings is 1. The summed E-state index contributed by atoms with van der Waals surface area (Å²) in [4.78, 5) is 46.3. The Morgan fingerprint density at radius 3 is 2.76 bits per heavy atom. The van der Waals surface area contributed by atoms with E-state index < -0.39 is 47.2 Å². The van der Waals surface area contributed by atoms with Crippen LogP contribution in [-0.4, -0.2) is 129 Å². The van der Waals surface area contributed by atoms with Crippen LogP contribution in [0.4, 0.5) is 33.0 Å². The fraction of sp³-hybridized carbons (Fsp3) is 0.500. The van der Waals surface area contributed by atoms with Crippen LogP contribution in [0.1, 0.15) is 50.3 Å². The van der Waals surface area contributed by atoms with Crippen molar-refractivity contribution < 1.29 is 46.1 Å². The van der Waals surface area contributed by atoms with Gasteiger partial charge in [0.05, 0.1) is 61.0 Å². The lowest BCUT2D eigenvalue weighted by Gasteiger charge is -2.42. The highest BCUT2D eigenvalue weighted by Crippen LogP contribution is 2.43. The first-order valence-electron chi connectivity index (χ1n) is 21.4. The lowest BCUT2D eigenvalue weighted by Crippen LogP contribution is -2.60. The van der Waals surface area contributed by atoms with Crippen molar-refractivity contribution in [1.29, 1.82) is 0 Å². The van der Waals surface area contributed by atoms with Gasteiger partial charge in [-0.05, 0) is 79.8 Å². The van der Waals surface area contributed by atoms with Crippen molar-refractivity contribution in [3.8, 4) is 23.0 Å². The number of hydrogen-bond donors (Lipinski definition) is 1. The number of nitrogens with zero attached hydrogens (tertiary/aromatic N) is 8. The summed E-state index contributed by atoms with van der Waals surface area (Å²) in [5, 5.41) is 8.01. The molecule has 6 bridgehead atoms. The maximum absolute atomic E-state index is 17.7. The van der Waals surface area contributed by atoms with Crippen molar-refractivity contribution >= 4 is 39.7 Å². The Balaban J connectivity index is 1.11. The number of carbonyl (C=O) groups excluding carboxylic acids is 2. The quantitative estimate of drug-likeness (QED) is 0.198. The van der Waals surface area contributed by atoms with Crippen molar-refractivity contribution in [2.45, 2.75) is 88.1 Å². The zero-order valence-electron chi connectivity index (χ0n) is 34.9. The molecule has 2 amide bonds. The number of halogens is 4. The van der Waals surface area contributed by atoms with Crippen LogP contribution in [0.2, 0.25) is 0 Å². The van der Waals surface area contributed by atoms with Crippen LogP contribution >= 0.6 is 0 Å². The van der Waals surface area contributed by atoms with Gasteiger partial charge in [0.25, 0.3) is 0 Å². The minimum atomic E-state index is -1.43. The van der Waals surface area contributed by atoms with Crippen molar-refractivity contribution in [2.24, 2.45) is 0 Å². The highest BCUT2D eigenvalue weighted by atomic mass is 19.1. The lowest BCUT2D eigenvalue weighted by atomic mass is 9.90. The second-order valence-corrected chi connectivity index (χ2v) is 17.7. The summed E-state index contributed by atoms with van der Waals surface area (Å²) in [6, 6.07) is 7.40. The van der Waals surface area contributed by atoms with E-state index >= 15 is 13.2 Å². The van der Waals surface area contributed by atoms with Crippen molar-refractivity contribution in [3.05, 3.63) is 65.6 Å². The fourth-order valence-electron chi connectivity index (χ4n) is 10.3. The number of rotatable bonds is 5. The lowest BCUT2D eigenvalue weighted by molar-refractivity contribution is 0.0574. The maximum Gasteiger partial charge on any atom is 0.415 e. The van der Waals surface area contributed by atoms with Gasteiger partial charge in [0.1, 0.15) is 47.5 Å². The first-order valence-corrected chi connectivity index (χ1v) is 21.4. The molecule has 0 radical (unpaired) electrons. The largest absolute Gasteiger partial charge is 0.461 e. The Morgan fingerprint density at radius 1 is 1.05 bits per heavy atom. The Labute approximate surface area is 359 Å². The number of fused-ring (bicyclic) bond motifs is 8. The average molecular weight is 874 g/mol. The Bertz CT molecular complexity index is 2620. The van der Waals surface area contributed by atoms with Gasteiger partial charge in [-0.1, -0.05) is 6.07 Å². The molecule has 1 unspecified atom stereocenters. The molecule has 3 fully saturated rings. The van der Waals surface area contributed by atoms with Gasteiger partial charge in [0, 0.05) is 51.0 Å². The third-order valence-electron chi connectivity index (χ3n) is 13.2. The SMILES string of the molecule is COC1CN(C(=O)Oc2cc3c4c(c(F)ccc4c2)CCCOC(=O)N[C@]2(C)C[C@@H](F)CN(C2)c2nc(OC[C@@]45CCCN4C[C@H](F)C5)nc4c(F)c-3ncc24)Cc2ccnn2C1. The number of anilines is 1. The fourth-order valence-corrected chi connectivity index (χ4v) is 10.3. The molecule has 9 heterocycles. The van der Waals surface area contributed by atoms with E-state index in [1.807, 2.05) is 0 Å². The molecule has 0 saturated carbocycles. The van der Waals surface area contributed by atoms with E-state index in [1.165, 1.54) is 29.3 Å². The standard InChI is InChI=1S/C44H47F4N9O6/c1-43-15-26(45)18-55(23-43)39-33-17-49-37(36(48)38(33)51-40(52-39)62-24-44-9-4-11-56(44)19-27(46)16-44)32-14-29(63-42(59)54-20-28-8-10-50-57(28)22-30(21-54)60-2)13-25-6-7-34(47)31(35(25)32)5-3-12-61-41(58)53-43/h6-8,10,13-14,17,26-27,30H,3-5,9,11-12,15-16,18-24H2,1-2H3,(H,53,58)/t26-,27-,30?,43-,44+/m1/s1. The Hall–Kier alpha value is -5.82. The van der Waals surface area contributed by atoms with E-state index in [0.717, 1.165) is 18.7 Å². The molecule has 1 N–H and O–H groups in total. The number of alkyl carbamates (subject to hydrolysis) is 1. The van der Waals surface area contributed by atoms with Gasteiger partial charge in [-0.25, -0.2) is 27.2 Å². The van der Waals surface area contributed by atoms with E-state index in [1.54, 1.807) is 41.9 Å². The highest BCUT2D eigenvalue weighted by molar-refractivity contribution is 6.02. The van der Waals surface area contributed by atoms with Crippen LogP contribution in [0.5, 0.6) is 11.8 Å². The summed E-state index contributed by atoms with van der Waals surface area (Å²) >= 11 is 0. The summed E-state index contributed by atoms with van der Waals surface area (Å²) in [7, 11) is 1.55. The number of aryl methyl sites for hydroxylation is 1. The zero-order chi connectivity index (χ0) is 43.6. The van der Waals surface area contributed by atoms with Gasteiger partial charge in [-0.15, -0.1) is 0 Å². The number of hydrogen-bond acceptors (Lipinski definition) is 12. The topological polar surface area (TPSA) is 149 Å². The summed E-state index contributed by atoms with van der Waals surface area (Å²) in [5.74, 6) is -1.34. The molecule has 6 aliphatic rings. The summed E-state index contributed by atoms with van der Waals surface area (Å²) in [6.45, 7) is 3.38. The minimum absolute atomic E-state index is 0.0324. The molecule has 5 atom stereocenters. The van der Waals surface area contributed by atoms with E-state index in [-0.39, 0.29) is 116 Å². The van der Waals surface area contributed by atoms with Crippen molar-refractivity contribution in [2.75, 3.05) is 57.9 Å². The van der Waals surface area contributed by atoms with Gasteiger partial charge in [0.2, 0.25) is 0 Å². The number of carbonyl (C=O) groups is 2. The number of piperidine rings is 1. The molecule has 3 aromatic heterocycles. The molecule has 11 rings (SSSR count). The molecule has 0 aliphatic carbocycles. The number of ether oxygens (including phenoxy) is 4. The highest BCUT2D eigenvalue weighted by Gasteiger charge is 2.49. The molecule has 63 heavy (non-hydrogen) atoms. The average Bonchev–Trinajstić information content (AvgIpc) is 3.90. The summed E-state index contributed by atoms with van der Waals surface area (Å²) < 4.78 is 89.5. The van der Waals surface area contributed by atoms with Gasteiger partial charge in [-0.2, -0.15) is 15.1 Å². The van der Waals surface area contributed by atoms with Crippen LogP contribution in [-0.2, 0) is 29.0 Å². The van der Waals surface area contributed by atoms with E-state index in [0.29, 0.717) is 30.3 Å². The Kier molecular flexibility index (Phi) is 10.5. The molecule has 19 heteroatoms. The van der Waals surface area contributed by atoms with E-state index in [4.69, 9.17) is 23.9 Å². The van der Waals surface area contributed by atoms with E-state index in [2.05, 4.69) is 25.3 Å². The zero-order valence-corrected chi connectivity index (χ0v) is 34.9. The Morgan fingerprint density at radius 2 is 1.90 bits per heavy atom. The second-order valence-electron chi connectivity index (χ2n) is 17.7. The molecule has 15 nitrogen and oxygen atoms in total. The predicted octanol–water partition coefficient (Wildman–Crippen LogP) is 6.28. The van der Waals surface area contributed by atoms with E-state index in [9.17, 15) is 14.0 Å². The van der Waals surface area contributed by atoms with Gasteiger partial charge >= 0.3 is 18.2 Å². The minimum Gasteiger partial charge on any atom is -0.461 e. The number of alkyl halides is 2. The summed E-state index contributed by atoms with van der Waals surface area (Å²) in [5.41, 5.74) is -1.09. The van der Waals surface area contributed by atoms with Crippen molar-refractivity contribution in [3.63, 3.8) is 0 Å². The molecule has 5 aromatic rings. The number of methoxy groups -OCH3 is 1. The van der Waals surface area contributed by atoms with Gasteiger partial charge < -0.3 is 29.2 Å². The maximum atomic E-state index is 17.7.